The third-order valence-corrected chi connectivity index (χ3v) is 6.53. The Morgan fingerprint density at radius 3 is 2.56 bits per heavy atom. The predicted molar refractivity (Wildman–Crippen MR) is 98.1 cm³/mol. The van der Waals surface area contributed by atoms with Crippen molar-refractivity contribution in [3.05, 3.63) is 29.8 Å². The summed E-state index contributed by atoms with van der Waals surface area (Å²) in [5, 5.41) is 2.75. The molecule has 1 aromatic carbocycles. The van der Waals surface area contributed by atoms with Gasteiger partial charge in [0.25, 0.3) is 0 Å². The van der Waals surface area contributed by atoms with Gasteiger partial charge in [-0.2, -0.15) is 0 Å². The van der Waals surface area contributed by atoms with Crippen LogP contribution in [-0.4, -0.2) is 56.9 Å². The van der Waals surface area contributed by atoms with Crippen LogP contribution in [0.4, 0.5) is 5.69 Å². The van der Waals surface area contributed by atoms with Gasteiger partial charge in [0.15, 0.2) is 9.84 Å². The number of hydrogen-bond acceptors (Lipinski definition) is 6. The van der Waals surface area contributed by atoms with Crippen molar-refractivity contribution in [1.82, 2.24) is 5.32 Å². The summed E-state index contributed by atoms with van der Waals surface area (Å²) in [4.78, 5) is 37.9. The molecule has 2 aliphatic rings. The van der Waals surface area contributed by atoms with Gasteiger partial charge in [0.1, 0.15) is 0 Å². The smallest absolute Gasteiger partial charge is 0.338 e. The summed E-state index contributed by atoms with van der Waals surface area (Å²) < 4.78 is 27.9. The Kier molecular flexibility index (Phi) is 5.50. The van der Waals surface area contributed by atoms with Gasteiger partial charge in [-0.05, 0) is 37.6 Å². The number of hydrogen-bond donors (Lipinski definition) is 1. The second-order valence-corrected chi connectivity index (χ2v) is 9.01. The van der Waals surface area contributed by atoms with Crippen molar-refractivity contribution < 1.29 is 27.5 Å². The molecule has 2 aliphatic heterocycles. The highest BCUT2D eigenvalue weighted by Gasteiger charge is 2.37. The number of ether oxygens (including phenoxy) is 1. The first-order valence-electron chi connectivity index (χ1n) is 8.87. The Balaban J connectivity index is 1.61. The second kappa shape index (κ2) is 7.67. The van der Waals surface area contributed by atoms with Crippen molar-refractivity contribution in [2.45, 2.75) is 25.8 Å². The minimum Gasteiger partial charge on any atom is -0.462 e. The lowest BCUT2D eigenvalue weighted by molar-refractivity contribution is -0.126. The van der Waals surface area contributed by atoms with Crippen molar-refractivity contribution >= 4 is 33.3 Å². The SMILES string of the molecule is CCOC(=O)c1ccc(N2CC(C(=O)NC3CCS(=O)(=O)C3)CC2=O)cc1. The molecule has 2 fully saturated rings. The van der Waals surface area contributed by atoms with Crippen molar-refractivity contribution in [2.75, 3.05) is 29.6 Å². The largest absolute Gasteiger partial charge is 0.462 e. The Labute approximate surface area is 157 Å². The zero-order chi connectivity index (χ0) is 19.6. The zero-order valence-electron chi connectivity index (χ0n) is 15.0. The normalized spacial score (nSPS) is 24.0. The van der Waals surface area contributed by atoms with E-state index in [0.29, 0.717) is 17.7 Å². The maximum Gasteiger partial charge on any atom is 0.338 e. The molecule has 0 aromatic heterocycles. The van der Waals surface area contributed by atoms with Crippen molar-refractivity contribution in [3.8, 4) is 0 Å². The number of sulfone groups is 1. The number of nitrogens with zero attached hydrogens (tertiary/aromatic N) is 1. The zero-order valence-corrected chi connectivity index (χ0v) is 15.8. The number of nitrogens with one attached hydrogen (secondary N) is 1. The lowest BCUT2D eigenvalue weighted by Gasteiger charge is -2.18. The van der Waals surface area contributed by atoms with Gasteiger partial charge in [0.2, 0.25) is 11.8 Å². The van der Waals surface area contributed by atoms with E-state index in [1.165, 1.54) is 4.90 Å². The third-order valence-electron chi connectivity index (χ3n) is 4.76. The van der Waals surface area contributed by atoms with Gasteiger partial charge < -0.3 is 15.0 Å². The van der Waals surface area contributed by atoms with E-state index < -0.39 is 21.7 Å². The summed E-state index contributed by atoms with van der Waals surface area (Å²) in [6.45, 7) is 2.23. The van der Waals surface area contributed by atoms with Crippen molar-refractivity contribution in [2.24, 2.45) is 5.92 Å². The average molecular weight is 394 g/mol. The molecule has 2 saturated heterocycles. The molecule has 1 N–H and O–H groups in total. The summed E-state index contributed by atoms with van der Waals surface area (Å²) in [5.74, 6) is -1.39. The van der Waals surface area contributed by atoms with E-state index in [0.717, 1.165) is 0 Å². The van der Waals surface area contributed by atoms with E-state index in [1.54, 1.807) is 31.2 Å². The Morgan fingerprint density at radius 2 is 1.96 bits per heavy atom. The fraction of sp³-hybridized carbons (Fsp3) is 0.500. The second-order valence-electron chi connectivity index (χ2n) is 6.78. The Bertz CT molecular complexity index is 849. The molecule has 27 heavy (non-hydrogen) atoms. The molecule has 146 valence electrons. The molecule has 0 bridgehead atoms. The number of rotatable bonds is 5. The van der Waals surface area contributed by atoms with Gasteiger partial charge in [0, 0.05) is 24.7 Å². The summed E-state index contributed by atoms with van der Waals surface area (Å²) in [5.41, 5.74) is 0.996. The summed E-state index contributed by atoms with van der Waals surface area (Å²) in [6.07, 6.45) is 0.485. The van der Waals surface area contributed by atoms with Crippen LogP contribution in [0.1, 0.15) is 30.1 Å². The monoisotopic (exact) mass is 394 g/mol. The highest BCUT2D eigenvalue weighted by Crippen LogP contribution is 2.26. The fourth-order valence-electron chi connectivity index (χ4n) is 3.35. The first-order chi connectivity index (χ1) is 12.8. The standard InChI is InChI=1S/C18H22N2O6S/c1-2-26-18(23)12-3-5-15(6-4-12)20-10-13(9-16(20)21)17(22)19-14-7-8-27(24,25)11-14/h3-6,13-14H,2,7-11H2,1H3,(H,19,22). The van der Waals surface area contributed by atoms with Crippen LogP contribution in [0, 0.1) is 5.92 Å². The summed E-state index contributed by atoms with van der Waals surface area (Å²) in [7, 11) is -3.07. The molecule has 2 heterocycles. The number of carbonyl (C=O) groups excluding carboxylic acids is 3. The van der Waals surface area contributed by atoms with Crippen LogP contribution in [0.3, 0.4) is 0 Å². The molecule has 0 spiro atoms. The molecule has 0 saturated carbocycles. The molecule has 0 radical (unpaired) electrons. The van der Waals surface area contributed by atoms with Gasteiger partial charge in [-0.15, -0.1) is 0 Å². The molecular weight excluding hydrogens is 372 g/mol. The van der Waals surface area contributed by atoms with Crippen molar-refractivity contribution in [1.29, 1.82) is 0 Å². The van der Waals surface area contributed by atoms with E-state index in [1.807, 2.05) is 0 Å². The molecule has 2 amide bonds. The number of anilines is 1. The highest BCUT2D eigenvalue weighted by atomic mass is 32.2. The van der Waals surface area contributed by atoms with E-state index in [2.05, 4.69) is 5.32 Å². The van der Waals surface area contributed by atoms with Crippen LogP contribution in [0.2, 0.25) is 0 Å². The lowest BCUT2D eigenvalue weighted by Crippen LogP contribution is -2.40. The lowest BCUT2D eigenvalue weighted by atomic mass is 10.1. The minimum atomic E-state index is -3.07. The molecule has 3 rings (SSSR count). The first-order valence-corrected chi connectivity index (χ1v) is 10.7. The fourth-order valence-corrected chi connectivity index (χ4v) is 5.03. The average Bonchev–Trinajstić information content (AvgIpc) is 3.17. The molecule has 2 atom stereocenters. The van der Waals surface area contributed by atoms with E-state index in [4.69, 9.17) is 4.74 Å². The van der Waals surface area contributed by atoms with Crippen LogP contribution in [0.25, 0.3) is 0 Å². The third kappa shape index (κ3) is 4.47. The maximum atomic E-state index is 12.4. The van der Waals surface area contributed by atoms with Crippen molar-refractivity contribution in [3.63, 3.8) is 0 Å². The van der Waals surface area contributed by atoms with E-state index >= 15 is 0 Å². The van der Waals surface area contributed by atoms with Gasteiger partial charge in [-0.1, -0.05) is 0 Å². The molecular formula is C18H22N2O6S. The molecule has 2 unspecified atom stereocenters. The first kappa shape index (κ1) is 19.3. The van der Waals surface area contributed by atoms with Crippen LogP contribution in [-0.2, 0) is 24.2 Å². The maximum absolute atomic E-state index is 12.4. The van der Waals surface area contributed by atoms with Crippen LogP contribution < -0.4 is 10.2 Å². The van der Waals surface area contributed by atoms with Crippen LogP contribution >= 0.6 is 0 Å². The molecule has 0 aliphatic carbocycles. The Hall–Kier alpha value is -2.42. The van der Waals surface area contributed by atoms with Gasteiger partial charge in [0.05, 0.1) is 29.6 Å². The number of amides is 2. The van der Waals surface area contributed by atoms with Gasteiger partial charge >= 0.3 is 5.97 Å². The summed E-state index contributed by atoms with van der Waals surface area (Å²) >= 11 is 0. The van der Waals surface area contributed by atoms with Crippen LogP contribution in [0.5, 0.6) is 0 Å². The van der Waals surface area contributed by atoms with E-state index in [9.17, 15) is 22.8 Å². The molecule has 1 aromatic rings. The topological polar surface area (TPSA) is 110 Å². The predicted octanol–water partition coefficient (Wildman–Crippen LogP) is 0.520. The number of carbonyl (C=O) groups is 3. The quantitative estimate of drug-likeness (QED) is 0.729. The Morgan fingerprint density at radius 1 is 1.26 bits per heavy atom. The minimum absolute atomic E-state index is 0.0432. The molecule has 8 nitrogen and oxygen atoms in total. The highest BCUT2D eigenvalue weighted by molar-refractivity contribution is 7.91. The number of benzene rings is 1. The summed E-state index contributed by atoms with van der Waals surface area (Å²) in [6, 6.07) is 6.08. The van der Waals surface area contributed by atoms with Gasteiger partial charge in [-0.25, -0.2) is 13.2 Å². The van der Waals surface area contributed by atoms with Gasteiger partial charge in [-0.3, -0.25) is 9.59 Å². The van der Waals surface area contributed by atoms with E-state index in [-0.39, 0.29) is 48.9 Å². The van der Waals surface area contributed by atoms with Crippen LogP contribution in [0.15, 0.2) is 24.3 Å². The molecule has 9 heteroatoms. The number of esters is 1.